The monoisotopic (exact) mass is 491 g/mol. The number of halogens is 1. The molecule has 6 heteroatoms. The minimum absolute atomic E-state index is 0.0882. The van der Waals surface area contributed by atoms with Gasteiger partial charge in [0, 0.05) is 11.4 Å². The van der Waals surface area contributed by atoms with E-state index >= 15 is 0 Å². The lowest BCUT2D eigenvalue weighted by Gasteiger charge is -2.43. The first-order valence-electron chi connectivity index (χ1n) is 8.97. The summed E-state index contributed by atoms with van der Waals surface area (Å²) in [7, 11) is 0. The van der Waals surface area contributed by atoms with E-state index in [0.29, 0.717) is 6.54 Å². The van der Waals surface area contributed by atoms with Gasteiger partial charge in [-0.05, 0) is 46.1 Å². The van der Waals surface area contributed by atoms with E-state index in [1.54, 1.807) is 0 Å². The van der Waals surface area contributed by atoms with Gasteiger partial charge < -0.3 is 14.4 Å². The highest BCUT2D eigenvalue weighted by molar-refractivity contribution is 14.1. The van der Waals surface area contributed by atoms with Gasteiger partial charge in [0.15, 0.2) is 6.29 Å². The number of rotatable bonds is 6. The minimum Gasteiger partial charge on any atom is -0.597 e. The van der Waals surface area contributed by atoms with Gasteiger partial charge in [0.2, 0.25) is 0 Å². The van der Waals surface area contributed by atoms with E-state index in [1.165, 1.54) is 0 Å². The SMILES string of the molecule is C=C(C)[C@@H]([C@@H]1CCC(I)C(O)O1)N(Cc1ccccc1)[S@@+]([O-])C(C)(C)C. The molecule has 2 unspecified atom stereocenters. The number of hydrogen-bond donors (Lipinski definition) is 1. The zero-order valence-electron chi connectivity index (χ0n) is 16.0. The van der Waals surface area contributed by atoms with Gasteiger partial charge in [0.25, 0.3) is 0 Å². The Labute approximate surface area is 174 Å². The molecule has 1 saturated heterocycles. The predicted molar refractivity (Wildman–Crippen MR) is 116 cm³/mol. The first-order chi connectivity index (χ1) is 12.1. The molecule has 0 aliphatic carbocycles. The van der Waals surface area contributed by atoms with Crippen LogP contribution >= 0.6 is 22.6 Å². The zero-order chi connectivity index (χ0) is 19.5. The summed E-state index contributed by atoms with van der Waals surface area (Å²) in [5.74, 6) is 0. The Kier molecular flexibility index (Phi) is 8.00. The van der Waals surface area contributed by atoms with Crippen molar-refractivity contribution in [1.29, 1.82) is 0 Å². The van der Waals surface area contributed by atoms with Crippen molar-refractivity contribution in [3.8, 4) is 0 Å². The average molecular weight is 491 g/mol. The van der Waals surface area contributed by atoms with Crippen LogP contribution in [0.15, 0.2) is 42.5 Å². The normalized spacial score (nSPS) is 26.5. The first-order valence-corrected chi connectivity index (χ1v) is 11.3. The molecule has 1 aromatic carbocycles. The van der Waals surface area contributed by atoms with Gasteiger partial charge in [0.1, 0.15) is 10.8 Å². The third-order valence-corrected chi connectivity index (χ3v) is 7.50. The molecule has 1 heterocycles. The largest absolute Gasteiger partial charge is 0.597 e. The summed E-state index contributed by atoms with van der Waals surface area (Å²) in [6, 6.07) is 9.83. The first kappa shape index (κ1) is 22.2. The summed E-state index contributed by atoms with van der Waals surface area (Å²) >= 11 is 0.986. The molecular formula is C20H30INO3S. The minimum atomic E-state index is -1.24. The lowest BCUT2D eigenvalue weighted by atomic mass is 9.96. The predicted octanol–water partition coefficient (Wildman–Crippen LogP) is 4.20. The van der Waals surface area contributed by atoms with E-state index in [2.05, 4.69) is 29.2 Å². The number of ether oxygens (including phenoxy) is 1. The van der Waals surface area contributed by atoms with Gasteiger partial charge in [-0.1, -0.05) is 65.1 Å². The smallest absolute Gasteiger partial charge is 0.166 e. The number of aliphatic hydroxyl groups is 1. The van der Waals surface area contributed by atoms with E-state index in [4.69, 9.17) is 4.74 Å². The highest BCUT2D eigenvalue weighted by Crippen LogP contribution is 2.34. The molecule has 2 rings (SSSR count). The van der Waals surface area contributed by atoms with Crippen molar-refractivity contribution in [3.63, 3.8) is 0 Å². The fraction of sp³-hybridized carbons (Fsp3) is 0.600. The topological polar surface area (TPSA) is 55.8 Å². The second-order valence-electron chi connectivity index (χ2n) is 7.87. The van der Waals surface area contributed by atoms with E-state index in [0.717, 1.165) is 24.0 Å². The maximum Gasteiger partial charge on any atom is 0.166 e. The van der Waals surface area contributed by atoms with Gasteiger partial charge in [-0.15, -0.1) is 4.31 Å². The summed E-state index contributed by atoms with van der Waals surface area (Å²) in [6.45, 7) is 12.6. The van der Waals surface area contributed by atoms with Crippen molar-refractivity contribution in [2.24, 2.45) is 0 Å². The Morgan fingerprint density at radius 3 is 2.50 bits per heavy atom. The van der Waals surface area contributed by atoms with Crippen molar-refractivity contribution in [2.75, 3.05) is 0 Å². The number of alkyl halides is 1. The Morgan fingerprint density at radius 1 is 1.38 bits per heavy atom. The quantitative estimate of drug-likeness (QED) is 0.281. The van der Waals surface area contributed by atoms with Crippen LogP contribution in [0.3, 0.4) is 0 Å². The Morgan fingerprint density at radius 2 is 2.00 bits per heavy atom. The molecule has 0 saturated carbocycles. The van der Waals surface area contributed by atoms with Gasteiger partial charge in [0.05, 0.1) is 16.6 Å². The van der Waals surface area contributed by atoms with E-state index < -0.39 is 22.4 Å². The summed E-state index contributed by atoms with van der Waals surface area (Å²) < 4.78 is 21.0. The van der Waals surface area contributed by atoms with Crippen LogP contribution in [0.1, 0.15) is 46.1 Å². The Balaban J connectivity index is 2.34. The third-order valence-electron chi connectivity index (χ3n) is 4.44. The molecule has 1 fully saturated rings. The standard InChI is InChI=1S/C20H30INO3S/c1-14(2)18(17-12-11-16(21)19(23)25-17)22(26(24)20(3,4)5)13-15-9-7-6-8-10-15/h6-10,16-19,23H,1,11-13H2,2-5H3/t16?,17-,18-,19?,26-/m0/s1. The van der Waals surface area contributed by atoms with Crippen LogP contribution in [0, 0.1) is 0 Å². The molecule has 0 spiro atoms. The van der Waals surface area contributed by atoms with Gasteiger partial charge in [-0.2, -0.15) is 0 Å². The fourth-order valence-corrected chi connectivity index (χ4v) is 5.18. The highest BCUT2D eigenvalue weighted by Gasteiger charge is 2.44. The number of aliphatic hydroxyl groups excluding tert-OH is 1. The van der Waals surface area contributed by atoms with Crippen molar-refractivity contribution in [1.82, 2.24) is 4.31 Å². The van der Waals surface area contributed by atoms with Crippen LogP contribution in [-0.4, -0.2) is 41.1 Å². The van der Waals surface area contributed by atoms with Gasteiger partial charge >= 0.3 is 0 Å². The molecule has 1 aliphatic heterocycles. The second kappa shape index (κ2) is 9.39. The molecule has 5 atom stereocenters. The maximum atomic E-state index is 13.4. The van der Waals surface area contributed by atoms with Crippen molar-refractivity contribution >= 4 is 34.0 Å². The molecule has 0 radical (unpaired) electrons. The van der Waals surface area contributed by atoms with Crippen LogP contribution in [0.25, 0.3) is 0 Å². The molecule has 1 aliphatic rings. The third kappa shape index (κ3) is 5.69. The molecular weight excluding hydrogens is 461 g/mol. The van der Waals surface area contributed by atoms with Crippen LogP contribution in [0.5, 0.6) is 0 Å². The lowest BCUT2D eigenvalue weighted by Crippen LogP contribution is -2.55. The Hall–Kier alpha value is -0.120. The molecule has 1 N–H and O–H groups in total. The van der Waals surface area contributed by atoms with Crippen molar-refractivity contribution in [2.45, 2.75) is 74.2 Å². The lowest BCUT2D eigenvalue weighted by molar-refractivity contribution is -0.166. The molecule has 0 aromatic heterocycles. The van der Waals surface area contributed by atoms with Gasteiger partial charge in [-0.3, -0.25) is 0 Å². The molecule has 0 bridgehead atoms. The van der Waals surface area contributed by atoms with Gasteiger partial charge in [-0.25, -0.2) is 0 Å². The van der Waals surface area contributed by atoms with Crippen molar-refractivity contribution < 1.29 is 14.4 Å². The Bertz CT molecular complexity index is 592. The maximum absolute atomic E-state index is 13.4. The number of hydrogen-bond acceptors (Lipinski definition) is 4. The molecule has 0 amide bonds. The van der Waals surface area contributed by atoms with E-state index in [9.17, 15) is 9.66 Å². The summed E-state index contributed by atoms with van der Waals surface area (Å²) in [5.41, 5.74) is 2.00. The zero-order valence-corrected chi connectivity index (χ0v) is 19.0. The second-order valence-corrected chi connectivity index (χ2v) is 11.7. The average Bonchev–Trinajstić information content (AvgIpc) is 2.56. The summed E-state index contributed by atoms with van der Waals surface area (Å²) in [4.78, 5) is 0. The van der Waals surface area contributed by atoms with Crippen LogP contribution in [0.4, 0.5) is 0 Å². The summed E-state index contributed by atoms with van der Waals surface area (Å²) in [6.07, 6.45) is 0.674. The number of nitrogens with zero attached hydrogens (tertiary/aromatic N) is 1. The van der Waals surface area contributed by atoms with Crippen molar-refractivity contribution in [3.05, 3.63) is 48.0 Å². The summed E-state index contributed by atoms with van der Waals surface area (Å²) in [5, 5.41) is 10.2. The molecule has 26 heavy (non-hydrogen) atoms. The van der Waals surface area contributed by atoms with Crippen LogP contribution < -0.4 is 0 Å². The molecule has 1 aromatic rings. The fourth-order valence-electron chi connectivity index (χ4n) is 3.15. The number of benzene rings is 1. The highest BCUT2D eigenvalue weighted by atomic mass is 127. The molecule has 4 nitrogen and oxygen atoms in total. The van der Waals surface area contributed by atoms with Crippen LogP contribution in [0.2, 0.25) is 0 Å². The van der Waals surface area contributed by atoms with E-state index in [1.807, 2.05) is 62.3 Å². The van der Waals surface area contributed by atoms with Crippen LogP contribution in [-0.2, 0) is 22.6 Å². The molecule has 146 valence electrons. The van der Waals surface area contributed by atoms with E-state index in [-0.39, 0.29) is 16.1 Å².